The number of para-hydroxylation sites is 1. The third-order valence-corrected chi connectivity index (χ3v) is 3.56. The van der Waals surface area contributed by atoms with Crippen molar-refractivity contribution in [2.45, 2.75) is 31.7 Å². The van der Waals surface area contributed by atoms with Gasteiger partial charge in [-0.25, -0.2) is 0 Å². The molecule has 104 valence electrons. The van der Waals surface area contributed by atoms with Crippen molar-refractivity contribution in [3.63, 3.8) is 0 Å². The molecule has 2 N–H and O–H groups in total. The molecule has 1 aromatic rings. The minimum atomic E-state index is 0.0352. The van der Waals surface area contributed by atoms with E-state index in [2.05, 4.69) is 0 Å². The number of fused-ring (bicyclic) bond motifs is 1. The van der Waals surface area contributed by atoms with Crippen LogP contribution in [0, 0.1) is 0 Å². The van der Waals surface area contributed by atoms with Gasteiger partial charge >= 0.3 is 0 Å². The third kappa shape index (κ3) is 3.33. The molecule has 1 amide bonds. The number of carbonyl (C=O) groups is 1. The van der Waals surface area contributed by atoms with Gasteiger partial charge in [-0.15, -0.1) is 0 Å². The summed E-state index contributed by atoms with van der Waals surface area (Å²) in [6, 6.07) is 8.01. The van der Waals surface area contributed by atoms with Crippen LogP contribution in [0.5, 0.6) is 0 Å². The number of hydrogen-bond donors (Lipinski definition) is 1. The van der Waals surface area contributed by atoms with Crippen molar-refractivity contribution in [3.8, 4) is 0 Å². The number of benzene rings is 1. The van der Waals surface area contributed by atoms with E-state index < -0.39 is 0 Å². The van der Waals surface area contributed by atoms with E-state index in [1.807, 2.05) is 29.2 Å². The normalized spacial score (nSPS) is 18.8. The van der Waals surface area contributed by atoms with Crippen LogP contribution < -0.4 is 10.6 Å². The zero-order valence-corrected chi connectivity index (χ0v) is 11.5. The fraction of sp³-hybridized carbons (Fsp3) is 0.533. The summed E-state index contributed by atoms with van der Waals surface area (Å²) in [6.07, 6.45) is 3.17. The lowest BCUT2D eigenvalue weighted by atomic mass is 10.0. The van der Waals surface area contributed by atoms with Crippen molar-refractivity contribution in [3.05, 3.63) is 29.8 Å². The second-order valence-corrected chi connectivity index (χ2v) is 4.95. The Labute approximate surface area is 114 Å². The Morgan fingerprint density at radius 1 is 1.47 bits per heavy atom. The molecule has 0 aromatic heterocycles. The number of nitrogens with zero attached hydrogens (tertiary/aromatic N) is 1. The Morgan fingerprint density at radius 3 is 3.05 bits per heavy atom. The van der Waals surface area contributed by atoms with Crippen molar-refractivity contribution in [2.24, 2.45) is 5.73 Å². The van der Waals surface area contributed by atoms with Gasteiger partial charge in [-0.1, -0.05) is 18.2 Å². The summed E-state index contributed by atoms with van der Waals surface area (Å²) < 4.78 is 5.00. The van der Waals surface area contributed by atoms with Crippen molar-refractivity contribution in [2.75, 3.05) is 25.2 Å². The van der Waals surface area contributed by atoms with E-state index >= 15 is 0 Å². The first kappa shape index (κ1) is 14.0. The molecule has 0 saturated carbocycles. The zero-order valence-electron chi connectivity index (χ0n) is 11.5. The highest BCUT2D eigenvalue weighted by atomic mass is 16.5. The molecule has 0 saturated heterocycles. The van der Waals surface area contributed by atoms with Gasteiger partial charge in [-0.3, -0.25) is 4.79 Å². The summed E-state index contributed by atoms with van der Waals surface area (Å²) in [5.74, 6) is 0.165. The van der Waals surface area contributed by atoms with Crippen LogP contribution in [-0.4, -0.2) is 26.2 Å². The SMILES string of the molecule is COCCCC(=O)N1CCCC(N)c2ccccc21. The number of ether oxygens (including phenoxy) is 1. The highest BCUT2D eigenvalue weighted by Gasteiger charge is 2.23. The van der Waals surface area contributed by atoms with E-state index in [-0.39, 0.29) is 11.9 Å². The summed E-state index contributed by atoms with van der Waals surface area (Å²) in [5.41, 5.74) is 8.24. The van der Waals surface area contributed by atoms with Crippen LogP contribution in [0.1, 0.15) is 37.3 Å². The van der Waals surface area contributed by atoms with E-state index in [9.17, 15) is 4.79 Å². The molecule has 0 spiro atoms. The fourth-order valence-electron chi connectivity index (χ4n) is 2.55. The molecule has 1 atom stereocenters. The van der Waals surface area contributed by atoms with Gasteiger partial charge in [0.05, 0.1) is 0 Å². The number of carbonyl (C=O) groups excluding carboxylic acids is 1. The van der Waals surface area contributed by atoms with E-state index in [0.717, 1.165) is 37.1 Å². The Bertz CT molecular complexity index is 434. The lowest BCUT2D eigenvalue weighted by Gasteiger charge is -2.23. The smallest absolute Gasteiger partial charge is 0.227 e. The number of rotatable bonds is 4. The second kappa shape index (κ2) is 6.68. The minimum Gasteiger partial charge on any atom is -0.385 e. The summed E-state index contributed by atoms with van der Waals surface area (Å²) in [5, 5.41) is 0. The van der Waals surface area contributed by atoms with E-state index in [4.69, 9.17) is 10.5 Å². The van der Waals surface area contributed by atoms with Crippen LogP contribution in [0.3, 0.4) is 0 Å². The second-order valence-electron chi connectivity index (χ2n) is 4.95. The largest absolute Gasteiger partial charge is 0.385 e. The molecule has 4 nitrogen and oxygen atoms in total. The molecule has 4 heteroatoms. The summed E-state index contributed by atoms with van der Waals surface area (Å²) in [6.45, 7) is 1.39. The first-order valence-electron chi connectivity index (χ1n) is 6.88. The maximum Gasteiger partial charge on any atom is 0.227 e. The van der Waals surface area contributed by atoms with Gasteiger partial charge in [0.25, 0.3) is 0 Å². The van der Waals surface area contributed by atoms with Crippen LogP contribution in [0.25, 0.3) is 0 Å². The number of amides is 1. The fourth-order valence-corrected chi connectivity index (χ4v) is 2.55. The van der Waals surface area contributed by atoms with E-state index in [1.165, 1.54) is 0 Å². The monoisotopic (exact) mass is 262 g/mol. The zero-order chi connectivity index (χ0) is 13.7. The van der Waals surface area contributed by atoms with Gasteiger partial charge in [0, 0.05) is 38.4 Å². The van der Waals surface area contributed by atoms with Gasteiger partial charge in [0.1, 0.15) is 0 Å². The minimum absolute atomic E-state index is 0.0352. The molecule has 1 unspecified atom stereocenters. The topological polar surface area (TPSA) is 55.6 Å². The van der Waals surface area contributed by atoms with Crippen molar-refractivity contribution in [1.29, 1.82) is 0 Å². The van der Waals surface area contributed by atoms with Gasteiger partial charge in [0.15, 0.2) is 0 Å². The average molecular weight is 262 g/mol. The Morgan fingerprint density at radius 2 is 2.26 bits per heavy atom. The Balaban J connectivity index is 2.16. The first-order valence-corrected chi connectivity index (χ1v) is 6.88. The van der Waals surface area contributed by atoms with E-state index in [0.29, 0.717) is 13.0 Å². The average Bonchev–Trinajstić information content (AvgIpc) is 2.59. The number of nitrogens with two attached hydrogens (primary N) is 1. The van der Waals surface area contributed by atoms with Crippen LogP contribution in [-0.2, 0) is 9.53 Å². The maximum absolute atomic E-state index is 12.3. The maximum atomic E-state index is 12.3. The highest BCUT2D eigenvalue weighted by Crippen LogP contribution is 2.31. The van der Waals surface area contributed by atoms with Crippen LogP contribution in [0.2, 0.25) is 0 Å². The van der Waals surface area contributed by atoms with Crippen molar-refractivity contribution < 1.29 is 9.53 Å². The van der Waals surface area contributed by atoms with Crippen molar-refractivity contribution in [1.82, 2.24) is 0 Å². The highest BCUT2D eigenvalue weighted by molar-refractivity contribution is 5.94. The molecular weight excluding hydrogens is 240 g/mol. The third-order valence-electron chi connectivity index (χ3n) is 3.56. The van der Waals surface area contributed by atoms with E-state index in [1.54, 1.807) is 7.11 Å². The molecular formula is C15H22N2O2. The lowest BCUT2D eigenvalue weighted by Crippen LogP contribution is -2.31. The number of hydrogen-bond acceptors (Lipinski definition) is 3. The molecule has 2 rings (SSSR count). The lowest BCUT2D eigenvalue weighted by molar-refractivity contribution is -0.118. The van der Waals surface area contributed by atoms with Crippen molar-refractivity contribution >= 4 is 11.6 Å². The van der Waals surface area contributed by atoms with Gasteiger partial charge in [0.2, 0.25) is 5.91 Å². The van der Waals surface area contributed by atoms with Crippen LogP contribution >= 0.6 is 0 Å². The van der Waals surface area contributed by atoms with Gasteiger partial charge < -0.3 is 15.4 Å². The predicted molar refractivity (Wildman–Crippen MR) is 76.1 cm³/mol. The van der Waals surface area contributed by atoms with Gasteiger partial charge in [-0.05, 0) is 30.9 Å². The molecule has 0 fully saturated rings. The van der Waals surface area contributed by atoms with Crippen LogP contribution in [0.4, 0.5) is 5.69 Å². The molecule has 19 heavy (non-hydrogen) atoms. The summed E-state index contributed by atoms with van der Waals surface area (Å²) in [4.78, 5) is 14.2. The number of methoxy groups -OCH3 is 1. The predicted octanol–water partition coefficient (Wildman–Crippen LogP) is 2.24. The molecule has 0 radical (unpaired) electrons. The summed E-state index contributed by atoms with van der Waals surface area (Å²) >= 11 is 0. The molecule has 1 aliphatic heterocycles. The Hall–Kier alpha value is -1.39. The quantitative estimate of drug-likeness (QED) is 0.847. The molecule has 1 aliphatic rings. The molecule has 1 aromatic carbocycles. The standard InChI is InChI=1S/C15H22N2O2/c1-19-11-5-9-15(18)17-10-4-7-13(16)12-6-2-3-8-14(12)17/h2-3,6,8,13H,4-5,7,9-11,16H2,1H3. The first-order chi connectivity index (χ1) is 9.24. The Kier molecular flexibility index (Phi) is 4.93. The molecule has 1 heterocycles. The van der Waals surface area contributed by atoms with Gasteiger partial charge in [-0.2, -0.15) is 0 Å². The van der Waals surface area contributed by atoms with Crippen LogP contribution in [0.15, 0.2) is 24.3 Å². The molecule has 0 bridgehead atoms. The number of anilines is 1. The molecule has 0 aliphatic carbocycles. The summed E-state index contributed by atoms with van der Waals surface area (Å²) in [7, 11) is 1.66.